The molecule has 0 fully saturated rings. The molecular weight excluding hydrogens is 293 g/mol. The van der Waals surface area contributed by atoms with Crippen molar-refractivity contribution in [3.05, 3.63) is 53.3 Å². The van der Waals surface area contributed by atoms with Crippen LogP contribution in [0.2, 0.25) is 0 Å². The van der Waals surface area contributed by atoms with Crippen molar-refractivity contribution in [1.82, 2.24) is 0 Å². The minimum absolute atomic E-state index is 0.0574. The minimum atomic E-state index is -4.04. The summed E-state index contributed by atoms with van der Waals surface area (Å²) in [6.07, 6.45) is 0. The van der Waals surface area contributed by atoms with Crippen LogP contribution in [0.1, 0.15) is 11.1 Å². The van der Waals surface area contributed by atoms with Gasteiger partial charge in [-0.3, -0.25) is 4.72 Å². The second-order valence-electron chi connectivity index (χ2n) is 4.43. The molecular formula is C14H12FN3O2S. The maximum Gasteiger partial charge on any atom is 0.264 e. The molecule has 0 spiro atoms. The Morgan fingerprint density at radius 1 is 1.24 bits per heavy atom. The molecule has 0 radical (unpaired) electrons. The average molecular weight is 305 g/mol. The van der Waals surface area contributed by atoms with E-state index in [1.807, 2.05) is 6.07 Å². The highest BCUT2D eigenvalue weighted by molar-refractivity contribution is 7.92. The molecule has 0 atom stereocenters. The number of benzene rings is 2. The number of aryl methyl sites for hydroxylation is 1. The fraction of sp³-hybridized carbons (Fsp3) is 0.0714. The van der Waals surface area contributed by atoms with Crippen LogP contribution < -0.4 is 10.5 Å². The average Bonchev–Trinajstić information content (AvgIpc) is 2.43. The Labute approximate surface area is 121 Å². The number of hydrogen-bond acceptors (Lipinski definition) is 4. The number of halogens is 1. The van der Waals surface area contributed by atoms with E-state index in [9.17, 15) is 12.8 Å². The summed E-state index contributed by atoms with van der Waals surface area (Å²) in [6, 6.07) is 9.63. The fourth-order valence-electron chi connectivity index (χ4n) is 1.74. The molecule has 2 aromatic carbocycles. The monoisotopic (exact) mass is 305 g/mol. The first-order chi connectivity index (χ1) is 9.83. The van der Waals surface area contributed by atoms with Gasteiger partial charge in [0.1, 0.15) is 10.7 Å². The molecule has 0 aromatic heterocycles. The molecule has 0 saturated heterocycles. The summed E-state index contributed by atoms with van der Waals surface area (Å²) in [4.78, 5) is -0.343. The lowest BCUT2D eigenvalue weighted by molar-refractivity contribution is 0.596. The van der Waals surface area contributed by atoms with Crippen molar-refractivity contribution in [2.75, 3.05) is 10.5 Å². The lowest BCUT2D eigenvalue weighted by Gasteiger charge is -2.12. The van der Waals surface area contributed by atoms with Crippen molar-refractivity contribution in [2.24, 2.45) is 0 Å². The molecule has 2 rings (SSSR count). The number of sulfonamides is 1. The molecule has 0 aliphatic heterocycles. The van der Waals surface area contributed by atoms with Gasteiger partial charge in [0.15, 0.2) is 0 Å². The first-order valence-electron chi connectivity index (χ1n) is 5.92. The fourth-order valence-corrected chi connectivity index (χ4v) is 3.01. The molecule has 0 aliphatic carbocycles. The Kier molecular flexibility index (Phi) is 3.82. The zero-order valence-corrected chi connectivity index (χ0v) is 11.9. The van der Waals surface area contributed by atoms with E-state index in [1.165, 1.54) is 12.1 Å². The zero-order valence-electron chi connectivity index (χ0n) is 11.1. The minimum Gasteiger partial charge on any atom is -0.398 e. The number of rotatable bonds is 3. The summed E-state index contributed by atoms with van der Waals surface area (Å²) >= 11 is 0. The maximum absolute atomic E-state index is 13.2. The van der Waals surface area contributed by atoms with E-state index in [4.69, 9.17) is 11.0 Å². The molecule has 5 nitrogen and oxygen atoms in total. The van der Waals surface area contributed by atoms with Crippen molar-refractivity contribution in [3.63, 3.8) is 0 Å². The van der Waals surface area contributed by atoms with Crippen molar-refractivity contribution >= 4 is 21.4 Å². The number of nitrogen functional groups attached to an aromatic ring is 1. The molecule has 0 amide bonds. The number of nitrogens with two attached hydrogens (primary N) is 1. The Balaban J connectivity index is 2.47. The van der Waals surface area contributed by atoms with Crippen molar-refractivity contribution in [2.45, 2.75) is 11.8 Å². The van der Waals surface area contributed by atoms with Crippen molar-refractivity contribution in [1.29, 1.82) is 5.26 Å². The lowest BCUT2D eigenvalue weighted by Crippen LogP contribution is -2.16. The molecule has 0 aliphatic rings. The highest BCUT2D eigenvalue weighted by atomic mass is 32.2. The maximum atomic E-state index is 13.2. The highest BCUT2D eigenvalue weighted by Crippen LogP contribution is 2.24. The summed E-state index contributed by atoms with van der Waals surface area (Å²) in [5.41, 5.74) is 6.72. The molecule has 108 valence electrons. The second kappa shape index (κ2) is 5.42. The van der Waals surface area contributed by atoms with E-state index in [2.05, 4.69) is 4.72 Å². The second-order valence-corrected chi connectivity index (χ2v) is 6.08. The summed E-state index contributed by atoms with van der Waals surface area (Å²) in [6.45, 7) is 1.69. The van der Waals surface area contributed by atoms with Crippen LogP contribution in [0, 0.1) is 24.1 Å². The first-order valence-corrected chi connectivity index (χ1v) is 7.40. The van der Waals surface area contributed by atoms with Crippen LogP contribution in [0.5, 0.6) is 0 Å². The highest BCUT2D eigenvalue weighted by Gasteiger charge is 2.19. The van der Waals surface area contributed by atoms with Crippen LogP contribution in [0.4, 0.5) is 15.8 Å². The van der Waals surface area contributed by atoms with Crippen LogP contribution >= 0.6 is 0 Å². The standard InChI is InChI=1S/C14H12FN3O2S/c1-9-2-3-10(8-16)6-13(9)18-21(19,20)14-7-11(15)4-5-12(14)17/h2-7,18H,17H2,1H3. The quantitative estimate of drug-likeness (QED) is 0.851. The van der Waals surface area contributed by atoms with E-state index in [-0.39, 0.29) is 16.3 Å². The normalized spacial score (nSPS) is 10.9. The number of anilines is 2. The summed E-state index contributed by atoms with van der Waals surface area (Å²) < 4.78 is 40.1. The molecule has 3 N–H and O–H groups in total. The molecule has 21 heavy (non-hydrogen) atoms. The van der Waals surface area contributed by atoms with Gasteiger partial charge in [0, 0.05) is 0 Å². The largest absolute Gasteiger partial charge is 0.398 e. The van der Waals surface area contributed by atoms with Gasteiger partial charge in [-0.15, -0.1) is 0 Å². The predicted octanol–water partition coefficient (Wildman–Crippen LogP) is 2.39. The van der Waals surface area contributed by atoms with Crippen LogP contribution in [0.15, 0.2) is 41.3 Å². The molecule has 0 heterocycles. The SMILES string of the molecule is Cc1ccc(C#N)cc1NS(=O)(=O)c1cc(F)ccc1N. The molecule has 0 bridgehead atoms. The van der Waals surface area contributed by atoms with Gasteiger partial charge in [0.25, 0.3) is 10.0 Å². The number of nitrogens with zero attached hydrogens (tertiary/aromatic N) is 1. The van der Waals surface area contributed by atoms with Gasteiger partial charge >= 0.3 is 0 Å². The first kappa shape index (κ1) is 14.8. The van der Waals surface area contributed by atoms with Crippen LogP contribution in [0.3, 0.4) is 0 Å². The van der Waals surface area contributed by atoms with Crippen molar-refractivity contribution in [3.8, 4) is 6.07 Å². The topological polar surface area (TPSA) is 96.0 Å². The number of nitrogens with one attached hydrogen (secondary N) is 1. The van der Waals surface area contributed by atoms with Gasteiger partial charge in [-0.25, -0.2) is 12.8 Å². The Bertz CT molecular complexity index is 842. The predicted molar refractivity (Wildman–Crippen MR) is 77.5 cm³/mol. The third-order valence-corrected chi connectivity index (χ3v) is 4.30. The zero-order chi connectivity index (χ0) is 15.6. The van der Waals surface area contributed by atoms with E-state index >= 15 is 0 Å². The van der Waals surface area contributed by atoms with E-state index in [1.54, 1.807) is 19.1 Å². The Morgan fingerprint density at radius 3 is 2.62 bits per heavy atom. The Morgan fingerprint density at radius 2 is 1.95 bits per heavy atom. The van der Waals surface area contributed by atoms with Gasteiger partial charge in [-0.2, -0.15) is 5.26 Å². The van der Waals surface area contributed by atoms with Gasteiger partial charge in [0.05, 0.1) is 23.0 Å². The number of nitriles is 1. The van der Waals surface area contributed by atoms with Gasteiger partial charge < -0.3 is 5.73 Å². The Hall–Kier alpha value is -2.59. The summed E-state index contributed by atoms with van der Waals surface area (Å²) in [5.74, 6) is -0.702. The molecule has 0 saturated carbocycles. The molecule has 0 unspecified atom stereocenters. The van der Waals surface area contributed by atoms with Crippen LogP contribution in [0.25, 0.3) is 0 Å². The van der Waals surface area contributed by atoms with Crippen molar-refractivity contribution < 1.29 is 12.8 Å². The molecule has 2 aromatic rings. The van der Waals surface area contributed by atoms with E-state index in [0.29, 0.717) is 11.1 Å². The van der Waals surface area contributed by atoms with Crippen LogP contribution in [-0.4, -0.2) is 8.42 Å². The van der Waals surface area contributed by atoms with Gasteiger partial charge in [-0.1, -0.05) is 6.07 Å². The summed E-state index contributed by atoms with van der Waals surface area (Å²) in [5, 5.41) is 8.85. The lowest BCUT2D eigenvalue weighted by atomic mass is 10.1. The van der Waals surface area contributed by atoms with Gasteiger partial charge in [0.2, 0.25) is 0 Å². The summed E-state index contributed by atoms with van der Waals surface area (Å²) in [7, 11) is -4.04. The third-order valence-electron chi connectivity index (χ3n) is 2.88. The number of hydrogen-bond donors (Lipinski definition) is 2. The molecule has 7 heteroatoms. The third kappa shape index (κ3) is 3.12. The van der Waals surface area contributed by atoms with Gasteiger partial charge in [-0.05, 0) is 42.8 Å². The smallest absolute Gasteiger partial charge is 0.264 e. The van der Waals surface area contributed by atoms with E-state index in [0.717, 1.165) is 12.1 Å². The van der Waals surface area contributed by atoms with E-state index < -0.39 is 15.8 Å². The van der Waals surface area contributed by atoms with Crippen LogP contribution in [-0.2, 0) is 10.0 Å².